The van der Waals surface area contributed by atoms with Gasteiger partial charge in [0.15, 0.2) is 0 Å². The number of aryl methyl sites for hydroxylation is 2. The lowest BCUT2D eigenvalue weighted by Gasteiger charge is -2.33. The molecule has 5 nitrogen and oxygen atoms in total. The number of nitrogens with zero attached hydrogens (tertiary/aromatic N) is 5. The zero-order valence-corrected chi connectivity index (χ0v) is 14.1. The summed E-state index contributed by atoms with van der Waals surface area (Å²) < 4.78 is 40.4. The van der Waals surface area contributed by atoms with Crippen LogP contribution in [0.1, 0.15) is 35.8 Å². The molecule has 1 aliphatic heterocycles. The molecule has 0 unspecified atom stereocenters. The number of alkyl halides is 3. The van der Waals surface area contributed by atoms with E-state index in [2.05, 4.69) is 15.1 Å². The van der Waals surface area contributed by atoms with Gasteiger partial charge < -0.3 is 4.90 Å². The Hall–Kier alpha value is -1.83. The molecule has 3 rings (SSSR count). The Morgan fingerprint density at radius 2 is 1.88 bits per heavy atom. The first-order chi connectivity index (χ1) is 11.3. The highest BCUT2D eigenvalue weighted by Gasteiger charge is 2.36. The van der Waals surface area contributed by atoms with Gasteiger partial charge in [0.2, 0.25) is 5.82 Å². The molecule has 9 heteroatoms. The van der Waals surface area contributed by atoms with Crippen LogP contribution in [0.15, 0.2) is 12.3 Å². The first-order valence-electron chi connectivity index (χ1n) is 7.61. The highest BCUT2D eigenvalue weighted by atomic mass is 35.5. The van der Waals surface area contributed by atoms with Crippen molar-refractivity contribution in [3.63, 3.8) is 0 Å². The first-order valence-corrected chi connectivity index (χ1v) is 7.98. The van der Waals surface area contributed by atoms with Crippen molar-refractivity contribution in [2.45, 2.75) is 31.9 Å². The van der Waals surface area contributed by atoms with Gasteiger partial charge in [-0.2, -0.15) is 18.3 Å². The van der Waals surface area contributed by atoms with Gasteiger partial charge in [0.25, 0.3) is 0 Å². The average molecular weight is 360 g/mol. The number of hydrogen-bond acceptors (Lipinski definition) is 4. The molecule has 1 aliphatic rings. The van der Waals surface area contributed by atoms with Crippen LogP contribution < -0.4 is 4.90 Å². The molecule has 1 saturated heterocycles. The van der Waals surface area contributed by atoms with Crippen molar-refractivity contribution < 1.29 is 13.2 Å². The number of anilines is 1. The lowest BCUT2D eigenvalue weighted by atomic mass is 9.91. The summed E-state index contributed by atoms with van der Waals surface area (Å²) in [6.07, 6.45) is -1.13. The molecule has 130 valence electrons. The molecule has 2 aromatic rings. The van der Waals surface area contributed by atoms with E-state index < -0.39 is 12.0 Å². The number of rotatable bonds is 2. The van der Waals surface area contributed by atoms with Gasteiger partial charge in [0, 0.05) is 37.8 Å². The molecule has 0 radical (unpaired) electrons. The van der Waals surface area contributed by atoms with E-state index in [1.807, 2.05) is 29.7 Å². The summed E-state index contributed by atoms with van der Waals surface area (Å²) in [5.74, 6) is -0.634. The minimum atomic E-state index is -4.61. The van der Waals surface area contributed by atoms with E-state index in [0.717, 1.165) is 18.4 Å². The third-order valence-corrected chi connectivity index (χ3v) is 4.51. The monoisotopic (exact) mass is 359 g/mol. The fraction of sp³-hybridized carbons (Fsp3) is 0.533. The van der Waals surface area contributed by atoms with Crippen LogP contribution in [-0.4, -0.2) is 32.8 Å². The van der Waals surface area contributed by atoms with Crippen LogP contribution in [0.3, 0.4) is 0 Å². The predicted molar refractivity (Wildman–Crippen MR) is 84.2 cm³/mol. The Balaban J connectivity index is 1.77. The van der Waals surface area contributed by atoms with Crippen LogP contribution in [0.5, 0.6) is 0 Å². The van der Waals surface area contributed by atoms with Crippen molar-refractivity contribution in [2.75, 3.05) is 18.0 Å². The fourth-order valence-electron chi connectivity index (χ4n) is 3.22. The van der Waals surface area contributed by atoms with Gasteiger partial charge in [0.1, 0.15) is 11.0 Å². The molecule has 0 atom stereocenters. The van der Waals surface area contributed by atoms with Gasteiger partial charge in [0.05, 0.1) is 6.20 Å². The van der Waals surface area contributed by atoms with Crippen LogP contribution in [0.25, 0.3) is 0 Å². The molecule has 0 aliphatic carbocycles. The molecular formula is C15H17ClF3N5. The molecule has 0 saturated carbocycles. The maximum Gasteiger partial charge on any atom is 0.451 e. The summed E-state index contributed by atoms with van der Waals surface area (Å²) in [6.45, 7) is 3.24. The molecule has 0 amide bonds. The molecule has 3 heterocycles. The van der Waals surface area contributed by atoms with Crippen molar-refractivity contribution in [2.24, 2.45) is 7.05 Å². The van der Waals surface area contributed by atoms with Crippen molar-refractivity contribution in [1.82, 2.24) is 19.7 Å². The van der Waals surface area contributed by atoms with Gasteiger partial charge in [-0.3, -0.25) is 4.68 Å². The molecule has 0 N–H and O–H groups in total. The van der Waals surface area contributed by atoms with Crippen LogP contribution in [0.4, 0.5) is 19.0 Å². The Kier molecular flexibility index (Phi) is 4.42. The summed E-state index contributed by atoms with van der Waals surface area (Å²) in [7, 11) is 1.91. The minimum Gasteiger partial charge on any atom is -0.356 e. The van der Waals surface area contributed by atoms with Gasteiger partial charge in [-0.25, -0.2) is 9.97 Å². The smallest absolute Gasteiger partial charge is 0.356 e. The van der Waals surface area contributed by atoms with Gasteiger partial charge in [-0.1, -0.05) is 11.6 Å². The quantitative estimate of drug-likeness (QED) is 0.769. The van der Waals surface area contributed by atoms with Crippen molar-refractivity contribution >= 4 is 17.4 Å². The lowest BCUT2D eigenvalue weighted by Crippen LogP contribution is -2.34. The van der Waals surface area contributed by atoms with E-state index in [1.165, 1.54) is 11.8 Å². The third-order valence-electron chi connectivity index (χ3n) is 4.32. The minimum absolute atomic E-state index is 0.197. The van der Waals surface area contributed by atoms with Gasteiger partial charge in [-0.05, 0) is 25.3 Å². The second-order valence-electron chi connectivity index (χ2n) is 5.97. The normalized spacial score (nSPS) is 16.7. The van der Waals surface area contributed by atoms with E-state index in [1.54, 1.807) is 0 Å². The van der Waals surface area contributed by atoms with E-state index >= 15 is 0 Å². The second-order valence-corrected chi connectivity index (χ2v) is 6.36. The Morgan fingerprint density at radius 1 is 1.21 bits per heavy atom. The summed E-state index contributed by atoms with van der Waals surface area (Å²) in [5.41, 5.74) is 2.33. The number of aromatic nitrogens is 4. The first kappa shape index (κ1) is 17.0. The van der Waals surface area contributed by atoms with Crippen molar-refractivity contribution in [1.29, 1.82) is 0 Å². The SMILES string of the molecule is Cc1cnn(C)c1C1CCN(c2cc(Cl)nc(C(F)(F)F)n2)CC1. The average Bonchev–Trinajstić information content (AvgIpc) is 2.85. The van der Waals surface area contributed by atoms with Crippen LogP contribution >= 0.6 is 11.6 Å². The second kappa shape index (κ2) is 6.23. The van der Waals surface area contributed by atoms with Crippen molar-refractivity contribution in [3.8, 4) is 0 Å². The lowest BCUT2D eigenvalue weighted by molar-refractivity contribution is -0.144. The highest BCUT2D eigenvalue weighted by molar-refractivity contribution is 6.29. The Labute approximate surface area is 142 Å². The summed E-state index contributed by atoms with van der Waals surface area (Å²) >= 11 is 5.74. The highest BCUT2D eigenvalue weighted by Crippen LogP contribution is 2.33. The van der Waals surface area contributed by atoms with E-state index in [4.69, 9.17) is 11.6 Å². The number of hydrogen-bond donors (Lipinski definition) is 0. The van der Waals surface area contributed by atoms with Crippen LogP contribution in [-0.2, 0) is 13.2 Å². The molecule has 0 bridgehead atoms. The summed E-state index contributed by atoms with van der Waals surface area (Å²) in [5, 5.41) is 4.06. The maximum absolute atomic E-state index is 12.8. The number of piperidine rings is 1. The maximum atomic E-state index is 12.8. The van der Waals surface area contributed by atoms with Gasteiger partial charge >= 0.3 is 6.18 Å². The molecule has 0 aromatic carbocycles. The largest absolute Gasteiger partial charge is 0.451 e. The van der Waals surface area contributed by atoms with Crippen molar-refractivity contribution in [3.05, 3.63) is 34.5 Å². The predicted octanol–water partition coefficient (Wildman–Crippen LogP) is 3.57. The van der Waals surface area contributed by atoms with E-state index in [9.17, 15) is 13.2 Å². The van der Waals surface area contributed by atoms with Crippen LogP contribution in [0, 0.1) is 6.92 Å². The third kappa shape index (κ3) is 3.33. The standard InChI is InChI=1S/C15H17ClF3N5/c1-9-8-20-23(2)13(9)10-3-5-24(6-4-10)12-7-11(16)21-14(22-12)15(17,18)19/h7-8,10H,3-6H2,1-2H3. The zero-order valence-electron chi connectivity index (χ0n) is 13.3. The molecule has 1 fully saturated rings. The summed E-state index contributed by atoms with van der Waals surface area (Å²) in [4.78, 5) is 8.73. The molecule has 24 heavy (non-hydrogen) atoms. The molecule has 2 aromatic heterocycles. The van der Waals surface area contributed by atoms with Crippen LogP contribution in [0.2, 0.25) is 5.15 Å². The number of halogens is 4. The molecular weight excluding hydrogens is 343 g/mol. The molecule has 0 spiro atoms. The fourth-order valence-corrected chi connectivity index (χ4v) is 3.40. The Bertz CT molecular complexity index is 716. The van der Waals surface area contributed by atoms with E-state index in [0.29, 0.717) is 19.0 Å². The Morgan fingerprint density at radius 3 is 2.42 bits per heavy atom. The van der Waals surface area contributed by atoms with E-state index in [-0.39, 0.29) is 11.0 Å². The zero-order chi connectivity index (χ0) is 17.5. The summed E-state index contributed by atoms with van der Waals surface area (Å²) in [6, 6.07) is 1.38. The van der Waals surface area contributed by atoms with Gasteiger partial charge in [-0.15, -0.1) is 0 Å². The topological polar surface area (TPSA) is 46.8 Å².